The van der Waals surface area contributed by atoms with Crippen LogP contribution in [0.25, 0.3) is 44.8 Å². The monoisotopic (exact) mass is 631 g/mol. The zero-order chi connectivity index (χ0) is 32.6. The Hall–Kier alpha value is -4.70. The van der Waals surface area contributed by atoms with E-state index < -0.39 is 0 Å². The molecule has 2 bridgehead atoms. The van der Waals surface area contributed by atoms with Gasteiger partial charge in [-0.25, -0.2) is 9.97 Å². The molecule has 2 saturated carbocycles. The van der Waals surface area contributed by atoms with Crippen LogP contribution in [0.5, 0.6) is 5.75 Å². The second-order valence-electron chi connectivity index (χ2n) is 13.8. The predicted molar refractivity (Wildman–Crippen MR) is 182 cm³/mol. The normalized spacial score (nSPS) is 20.4. The number of rotatable bonds is 8. The van der Waals surface area contributed by atoms with E-state index in [0.717, 1.165) is 69.8 Å². The summed E-state index contributed by atoms with van der Waals surface area (Å²) in [5.74, 6) is 2.47. The van der Waals surface area contributed by atoms with Crippen molar-refractivity contribution < 1.29 is 14.3 Å². The lowest BCUT2D eigenvalue weighted by Gasteiger charge is -2.27. The molecule has 1 aliphatic heterocycles. The summed E-state index contributed by atoms with van der Waals surface area (Å²) in [5, 5.41) is 1.04. The number of benzene rings is 2. The van der Waals surface area contributed by atoms with Gasteiger partial charge >= 0.3 is 0 Å². The maximum Gasteiger partial charge on any atom is 0.254 e. The highest BCUT2D eigenvalue weighted by atomic mass is 16.5. The minimum atomic E-state index is -0.00483. The summed E-state index contributed by atoms with van der Waals surface area (Å²) in [6.45, 7) is 1.57. The molecule has 47 heavy (non-hydrogen) atoms. The molecule has 1 saturated heterocycles. The number of carbonyl (C=O) groups is 2. The Morgan fingerprint density at radius 3 is 2.55 bits per heavy atom. The minimum absolute atomic E-state index is 0.00483. The highest BCUT2D eigenvalue weighted by Crippen LogP contribution is 2.40. The zero-order valence-corrected chi connectivity index (χ0v) is 27.4. The predicted octanol–water partition coefficient (Wildman–Crippen LogP) is 4.87. The second kappa shape index (κ2) is 11.2. The summed E-state index contributed by atoms with van der Waals surface area (Å²) < 4.78 is 10.2. The summed E-state index contributed by atoms with van der Waals surface area (Å²) in [6, 6.07) is 18.3. The van der Waals surface area contributed by atoms with Gasteiger partial charge in [-0.1, -0.05) is 18.2 Å². The molecule has 2 unspecified atom stereocenters. The first-order valence-corrected chi connectivity index (χ1v) is 16.6. The van der Waals surface area contributed by atoms with Gasteiger partial charge < -0.3 is 29.4 Å². The van der Waals surface area contributed by atoms with Crippen molar-refractivity contribution >= 4 is 33.9 Å². The molecule has 242 valence electrons. The summed E-state index contributed by atoms with van der Waals surface area (Å²) in [6.07, 6.45) is 4.81. The number of likely N-dealkylation sites (N-methyl/N-ethyl adjacent to an activating group) is 1. The van der Waals surface area contributed by atoms with E-state index in [1.807, 2.05) is 48.3 Å². The lowest BCUT2D eigenvalue weighted by Crippen LogP contribution is -2.41. The molecule has 3 atom stereocenters. The van der Waals surface area contributed by atoms with Crippen molar-refractivity contribution in [1.29, 1.82) is 0 Å². The largest absolute Gasteiger partial charge is 0.494 e. The molecule has 3 fully saturated rings. The Morgan fingerprint density at radius 1 is 1.02 bits per heavy atom. The first kappa shape index (κ1) is 29.7. The van der Waals surface area contributed by atoms with Gasteiger partial charge in [0.15, 0.2) is 5.82 Å². The second-order valence-corrected chi connectivity index (χ2v) is 13.8. The van der Waals surface area contributed by atoms with E-state index in [0.29, 0.717) is 36.1 Å². The average Bonchev–Trinajstić information content (AvgIpc) is 3.47. The summed E-state index contributed by atoms with van der Waals surface area (Å²) in [7, 11) is 7.20. The Labute approximate surface area is 274 Å². The number of aromatic nitrogens is 4. The van der Waals surface area contributed by atoms with Crippen LogP contribution >= 0.6 is 0 Å². The zero-order valence-electron chi connectivity index (χ0n) is 27.4. The van der Waals surface area contributed by atoms with Crippen LogP contribution in [-0.2, 0) is 24.8 Å². The highest BCUT2D eigenvalue weighted by Gasteiger charge is 2.47. The number of nitrogens with zero attached hydrogens (tertiary/aromatic N) is 6. The number of ether oxygens (including phenoxy) is 1. The number of aryl methyl sites for hydroxylation is 1. The molecule has 0 radical (unpaired) electrons. The molecule has 2 aliphatic carbocycles. The van der Waals surface area contributed by atoms with Gasteiger partial charge in [0, 0.05) is 62.8 Å². The number of piperidine rings is 1. The van der Waals surface area contributed by atoms with E-state index in [9.17, 15) is 9.59 Å². The number of carbonyl (C=O) groups excluding carboxylic acids is 2. The number of nitrogens with two attached hydrogens (primary N) is 1. The summed E-state index contributed by atoms with van der Waals surface area (Å²) >= 11 is 0. The van der Waals surface area contributed by atoms with Crippen LogP contribution in [0.4, 0.5) is 0 Å². The maximum atomic E-state index is 13.8. The fourth-order valence-electron chi connectivity index (χ4n) is 7.66. The Balaban J connectivity index is 1.20. The number of methoxy groups -OCH3 is 1. The summed E-state index contributed by atoms with van der Waals surface area (Å²) in [5.41, 5.74) is 13.3. The van der Waals surface area contributed by atoms with E-state index in [4.69, 9.17) is 20.4 Å². The SMILES string of the molecule is COc1cc(C(=O)N2CC3CCC2[C@@H]3N)cc2nc(-c3cc4ccc(-c5cccc(CC(=O)N(C)C)c5)nc4n3CC3CC3)n(C)c12. The van der Waals surface area contributed by atoms with E-state index in [2.05, 4.69) is 27.3 Å². The van der Waals surface area contributed by atoms with Crippen molar-refractivity contribution in [3.63, 3.8) is 0 Å². The molecule has 2 N–H and O–H groups in total. The lowest BCUT2D eigenvalue weighted by molar-refractivity contribution is -0.127. The average molecular weight is 632 g/mol. The molecule has 4 heterocycles. The molecule has 10 heteroatoms. The third kappa shape index (κ3) is 5.06. The van der Waals surface area contributed by atoms with Gasteiger partial charge in [-0.2, -0.15) is 0 Å². The Kier molecular flexibility index (Phi) is 7.09. The fourth-order valence-corrected chi connectivity index (χ4v) is 7.66. The molecular formula is C37H41N7O3. The van der Waals surface area contributed by atoms with Gasteiger partial charge in [-0.15, -0.1) is 0 Å². The number of imidazole rings is 1. The van der Waals surface area contributed by atoms with Gasteiger partial charge in [-0.3, -0.25) is 9.59 Å². The minimum Gasteiger partial charge on any atom is -0.494 e. The standard InChI is InChI=1S/C37H41N7O3/c1-41(2)32(45)15-22-6-5-7-23(14-22)27-12-10-24-17-30(43(35(24)39-27)19-21-8-9-21)36-40-28-16-26(18-31(47-4)34(28)42(36)3)37(46)44-20-25-11-13-29(44)33(25)38/h5-7,10,12,14,16-18,21,25,29,33H,8-9,11,13,15,19-20,38H2,1-4H3/t25?,29?,33-/m1/s1. The quantitative estimate of drug-likeness (QED) is 0.262. The summed E-state index contributed by atoms with van der Waals surface area (Å²) in [4.78, 5) is 40.0. The topological polar surface area (TPSA) is 112 Å². The van der Waals surface area contributed by atoms with Crippen LogP contribution in [0.15, 0.2) is 54.6 Å². The van der Waals surface area contributed by atoms with Crippen molar-refractivity contribution in [3.05, 3.63) is 65.7 Å². The highest BCUT2D eigenvalue weighted by molar-refractivity contribution is 6.00. The van der Waals surface area contributed by atoms with Crippen LogP contribution in [-0.4, -0.2) is 80.5 Å². The van der Waals surface area contributed by atoms with Crippen LogP contribution in [0, 0.1) is 11.8 Å². The number of hydrogen-bond donors (Lipinski definition) is 1. The Morgan fingerprint density at radius 2 is 1.85 bits per heavy atom. The number of pyridine rings is 1. The third-order valence-electron chi connectivity index (χ3n) is 10.5. The van der Waals surface area contributed by atoms with Gasteiger partial charge in [0.25, 0.3) is 5.91 Å². The van der Waals surface area contributed by atoms with E-state index >= 15 is 0 Å². The molecule has 3 aliphatic rings. The van der Waals surface area contributed by atoms with Gasteiger partial charge in [-0.05, 0) is 79.5 Å². The van der Waals surface area contributed by atoms with Crippen molar-refractivity contribution in [1.82, 2.24) is 28.9 Å². The smallest absolute Gasteiger partial charge is 0.254 e. The van der Waals surface area contributed by atoms with E-state index in [-0.39, 0.29) is 23.9 Å². The maximum absolute atomic E-state index is 13.8. The molecule has 8 rings (SSSR count). The molecule has 2 amide bonds. The Bertz CT molecular complexity index is 2060. The van der Waals surface area contributed by atoms with Gasteiger partial charge in [0.2, 0.25) is 5.91 Å². The molecule has 10 nitrogen and oxygen atoms in total. The van der Waals surface area contributed by atoms with E-state index in [1.165, 1.54) is 12.8 Å². The number of amides is 2. The van der Waals surface area contributed by atoms with Crippen LogP contribution in [0.3, 0.4) is 0 Å². The lowest BCUT2D eigenvalue weighted by atomic mass is 10.0. The molecule has 5 aromatic rings. The molecule has 2 aromatic carbocycles. The molecule has 3 aromatic heterocycles. The fraction of sp³-hybridized carbons (Fsp3) is 0.405. The number of likely N-dealkylation sites (tertiary alicyclic amines) is 1. The van der Waals surface area contributed by atoms with Crippen molar-refractivity contribution in [2.24, 2.45) is 24.6 Å². The number of hydrogen-bond acceptors (Lipinski definition) is 6. The van der Waals surface area contributed by atoms with Crippen molar-refractivity contribution in [2.75, 3.05) is 27.7 Å². The first-order chi connectivity index (χ1) is 22.7. The molecule has 0 spiro atoms. The van der Waals surface area contributed by atoms with Crippen molar-refractivity contribution in [2.45, 2.75) is 50.7 Å². The van der Waals surface area contributed by atoms with Gasteiger partial charge in [0.1, 0.15) is 16.9 Å². The number of fused-ring (bicyclic) bond motifs is 4. The van der Waals surface area contributed by atoms with Crippen LogP contribution in [0.1, 0.15) is 41.6 Å². The van der Waals surface area contributed by atoms with Gasteiger partial charge in [0.05, 0.1) is 30.4 Å². The molecular weight excluding hydrogens is 590 g/mol. The van der Waals surface area contributed by atoms with Crippen LogP contribution < -0.4 is 10.5 Å². The van der Waals surface area contributed by atoms with E-state index in [1.54, 1.807) is 26.1 Å². The van der Waals surface area contributed by atoms with Crippen molar-refractivity contribution in [3.8, 4) is 28.5 Å². The third-order valence-corrected chi connectivity index (χ3v) is 10.5. The van der Waals surface area contributed by atoms with Crippen LogP contribution in [0.2, 0.25) is 0 Å². The first-order valence-electron chi connectivity index (χ1n) is 16.6.